The Kier molecular flexibility index (Phi) is 1.99. The zero-order valence-electron chi connectivity index (χ0n) is 7.69. The molecule has 0 saturated heterocycles. The van der Waals surface area contributed by atoms with Crippen LogP contribution >= 0.6 is 0 Å². The second-order valence-corrected chi connectivity index (χ2v) is 3.29. The summed E-state index contributed by atoms with van der Waals surface area (Å²) in [5.74, 6) is 0.553. The van der Waals surface area contributed by atoms with Crippen molar-refractivity contribution >= 4 is 11.4 Å². The van der Waals surface area contributed by atoms with E-state index < -0.39 is 4.92 Å². The molecule has 14 heavy (non-hydrogen) atoms. The van der Waals surface area contributed by atoms with E-state index in [0.29, 0.717) is 12.4 Å². The van der Waals surface area contributed by atoms with Gasteiger partial charge in [-0.1, -0.05) is 0 Å². The number of fused-ring (bicyclic) bond motifs is 1. The van der Waals surface area contributed by atoms with Gasteiger partial charge in [0.1, 0.15) is 12.4 Å². The Hall–Kier alpha value is -1.78. The predicted molar refractivity (Wildman–Crippen MR) is 51.7 cm³/mol. The summed E-state index contributed by atoms with van der Waals surface area (Å²) in [6.45, 7) is 2.53. The number of ether oxygens (including phenoxy) is 1. The number of nitrogens with zero attached hydrogens (tertiary/aromatic N) is 1. The van der Waals surface area contributed by atoms with Gasteiger partial charge in [0.15, 0.2) is 0 Å². The SMILES string of the molecule is CC1COc2cc([N+](=O)[O-])ccc2N1. The Morgan fingerprint density at radius 3 is 3.14 bits per heavy atom. The lowest BCUT2D eigenvalue weighted by molar-refractivity contribution is -0.384. The van der Waals surface area contributed by atoms with Crippen LogP contribution < -0.4 is 10.1 Å². The van der Waals surface area contributed by atoms with Crippen molar-refractivity contribution in [3.63, 3.8) is 0 Å². The van der Waals surface area contributed by atoms with Gasteiger partial charge in [-0.15, -0.1) is 0 Å². The lowest BCUT2D eigenvalue weighted by atomic mass is 10.2. The van der Waals surface area contributed by atoms with Crippen molar-refractivity contribution in [3.8, 4) is 5.75 Å². The van der Waals surface area contributed by atoms with Gasteiger partial charge in [-0.3, -0.25) is 10.1 Å². The van der Waals surface area contributed by atoms with Crippen molar-refractivity contribution in [2.24, 2.45) is 0 Å². The molecule has 1 unspecified atom stereocenters. The average molecular weight is 194 g/mol. The summed E-state index contributed by atoms with van der Waals surface area (Å²) in [5, 5.41) is 13.7. The van der Waals surface area contributed by atoms with Gasteiger partial charge in [0.05, 0.1) is 22.7 Å². The van der Waals surface area contributed by atoms with E-state index in [2.05, 4.69) is 5.32 Å². The summed E-state index contributed by atoms with van der Waals surface area (Å²) in [6, 6.07) is 4.81. The van der Waals surface area contributed by atoms with Gasteiger partial charge in [-0.25, -0.2) is 0 Å². The van der Waals surface area contributed by atoms with Gasteiger partial charge >= 0.3 is 0 Å². The van der Waals surface area contributed by atoms with Crippen molar-refractivity contribution in [1.82, 2.24) is 0 Å². The van der Waals surface area contributed by atoms with E-state index >= 15 is 0 Å². The monoisotopic (exact) mass is 194 g/mol. The molecule has 1 aliphatic rings. The first-order valence-electron chi connectivity index (χ1n) is 4.34. The third-order valence-electron chi connectivity index (χ3n) is 2.07. The Labute approximate surface area is 80.8 Å². The molecule has 2 rings (SSSR count). The summed E-state index contributed by atoms with van der Waals surface area (Å²) in [6.07, 6.45) is 0. The van der Waals surface area contributed by atoms with E-state index in [1.165, 1.54) is 12.1 Å². The number of benzene rings is 1. The molecule has 0 amide bonds. The first-order valence-corrected chi connectivity index (χ1v) is 4.34. The van der Waals surface area contributed by atoms with Crippen molar-refractivity contribution in [3.05, 3.63) is 28.3 Å². The summed E-state index contributed by atoms with van der Waals surface area (Å²) in [4.78, 5) is 10.1. The molecule has 5 heteroatoms. The van der Waals surface area contributed by atoms with Crippen LogP contribution in [0.5, 0.6) is 5.75 Å². The molecular formula is C9H10N2O3. The normalized spacial score (nSPS) is 19.1. The second kappa shape index (κ2) is 3.17. The van der Waals surface area contributed by atoms with E-state index in [-0.39, 0.29) is 11.7 Å². The molecule has 0 bridgehead atoms. The smallest absolute Gasteiger partial charge is 0.273 e. The zero-order valence-corrected chi connectivity index (χ0v) is 7.69. The zero-order chi connectivity index (χ0) is 10.1. The van der Waals surface area contributed by atoms with E-state index in [1.54, 1.807) is 6.07 Å². The third-order valence-corrected chi connectivity index (χ3v) is 2.07. The summed E-state index contributed by atoms with van der Waals surface area (Å²) in [5.41, 5.74) is 0.870. The lowest BCUT2D eigenvalue weighted by Gasteiger charge is -2.24. The van der Waals surface area contributed by atoms with Crippen LogP contribution in [-0.2, 0) is 0 Å². The van der Waals surface area contributed by atoms with Gasteiger partial charge < -0.3 is 10.1 Å². The third kappa shape index (κ3) is 1.48. The molecule has 0 saturated carbocycles. The first-order chi connectivity index (χ1) is 6.66. The summed E-state index contributed by atoms with van der Waals surface area (Å²) < 4.78 is 5.36. The molecule has 0 spiro atoms. The Morgan fingerprint density at radius 1 is 1.64 bits per heavy atom. The standard InChI is InChI=1S/C9H10N2O3/c1-6-5-14-9-4-7(11(12)13)2-3-8(9)10-6/h2-4,6,10H,5H2,1H3. The van der Waals surface area contributed by atoms with E-state index in [1.807, 2.05) is 6.92 Å². The van der Waals surface area contributed by atoms with Crippen LogP contribution in [0.15, 0.2) is 18.2 Å². The van der Waals surface area contributed by atoms with Crippen LogP contribution in [0, 0.1) is 10.1 Å². The molecule has 0 fully saturated rings. The minimum atomic E-state index is -0.429. The molecule has 0 aliphatic carbocycles. The molecule has 1 aliphatic heterocycles. The maximum Gasteiger partial charge on any atom is 0.273 e. The number of non-ortho nitro benzene ring substituents is 1. The molecule has 1 aromatic rings. The fourth-order valence-corrected chi connectivity index (χ4v) is 1.39. The van der Waals surface area contributed by atoms with Gasteiger partial charge in [0, 0.05) is 6.07 Å². The van der Waals surface area contributed by atoms with Gasteiger partial charge in [-0.05, 0) is 13.0 Å². The van der Waals surface area contributed by atoms with Crippen molar-refractivity contribution in [2.45, 2.75) is 13.0 Å². The van der Waals surface area contributed by atoms with Crippen LogP contribution in [0.2, 0.25) is 0 Å². The number of anilines is 1. The van der Waals surface area contributed by atoms with E-state index in [4.69, 9.17) is 4.74 Å². The number of rotatable bonds is 1. The quantitative estimate of drug-likeness (QED) is 0.546. The molecule has 0 aromatic heterocycles. The van der Waals surface area contributed by atoms with E-state index in [0.717, 1.165) is 5.69 Å². The Morgan fingerprint density at radius 2 is 2.43 bits per heavy atom. The van der Waals surface area contributed by atoms with Crippen LogP contribution in [0.1, 0.15) is 6.92 Å². The Bertz CT molecular complexity index is 378. The minimum Gasteiger partial charge on any atom is -0.489 e. The van der Waals surface area contributed by atoms with Crippen LogP contribution in [0.25, 0.3) is 0 Å². The molecule has 74 valence electrons. The molecule has 1 atom stereocenters. The largest absolute Gasteiger partial charge is 0.489 e. The summed E-state index contributed by atoms with van der Waals surface area (Å²) in [7, 11) is 0. The van der Waals surface area contributed by atoms with Gasteiger partial charge in [0.25, 0.3) is 5.69 Å². The van der Waals surface area contributed by atoms with Crippen molar-refractivity contribution in [1.29, 1.82) is 0 Å². The molecule has 0 radical (unpaired) electrons. The molecule has 1 N–H and O–H groups in total. The summed E-state index contributed by atoms with van der Waals surface area (Å²) >= 11 is 0. The Balaban J connectivity index is 2.36. The van der Waals surface area contributed by atoms with E-state index in [9.17, 15) is 10.1 Å². The highest BCUT2D eigenvalue weighted by atomic mass is 16.6. The fraction of sp³-hybridized carbons (Fsp3) is 0.333. The topological polar surface area (TPSA) is 64.4 Å². The maximum absolute atomic E-state index is 10.5. The lowest BCUT2D eigenvalue weighted by Crippen LogP contribution is -2.28. The maximum atomic E-state index is 10.5. The average Bonchev–Trinajstić information content (AvgIpc) is 2.16. The number of nitro groups is 1. The molecule has 1 heterocycles. The highest BCUT2D eigenvalue weighted by molar-refractivity contribution is 5.62. The van der Waals surface area contributed by atoms with Crippen LogP contribution in [-0.4, -0.2) is 17.6 Å². The molecule has 5 nitrogen and oxygen atoms in total. The number of hydrogen-bond donors (Lipinski definition) is 1. The molecule has 1 aromatic carbocycles. The minimum absolute atomic E-state index is 0.0557. The number of nitro benzene ring substituents is 1. The second-order valence-electron chi connectivity index (χ2n) is 3.29. The van der Waals surface area contributed by atoms with Crippen LogP contribution in [0.4, 0.5) is 11.4 Å². The van der Waals surface area contributed by atoms with Crippen LogP contribution in [0.3, 0.4) is 0 Å². The highest BCUT2D eigenvalue weighted by Crippen LogP contribution is 2.32. The highest BCUT2D eigenvalue weighted by Gasteiger charge is 2.18. The fourth-order valence-electron chi connectivity index (χ4n) is 1.39. The van der Waals surface area contributed by atoms with Crippen molar-refractivity contribution < 1.29 is 9.66 Å². The molecular weight excluding hydrogens is 184 g/mol. The van der Waals surface area contributed by atoms with Gasteiger partial charge in [0.2, 0.25) is 0 Å². The van der Waals surface area contributed by atoms with Gasteiger partial charge in [-0.2, -0.15) is 0 Å². The number of nitrogens with one attached hydrogen (secondary N) is 1. The number of hydrogen-bond acceptors (Lipinski definition) is 4. The first kappa shape index (κ1) is 8.80. The predicted octanol–water partition coefficient (Wildman–Crippen LogP) is 1.79. The van der Waals surface area contributed by atoms with Crippen molar-refractivity contribution in [2.75, 3.05) is 11.9 Å².